The molecule has 7 nitrogen and oxygen atoms in total. The van der Waals surface area contributed by atoms with Gasteiger partial charge in [-0.15, -0.1) is 0 Å². The highest BCUT2D eigenvalue weighted by Gasteiger charge is 2.25. The standard InChI is InChI=1S/C18H36N4O3S/c1-15(2)12-16-7-9-22(14-16)18(19-3)20-8-11-26(23,24)21-13-17-6-4-5-10-25-17/h15-17,21H,4-14H2,1-3H3,(H,19,20). The number of rotatable bonds is 8. The first-order chi connectivity index (χ1) is 12.4. The summed E-state index contributed by atoms with van der Waals surface area (Å²) in [5.41, 5.74) is 0. The fourth-order valence-electron chi connectivity index (χ4n) is 3.77. The predicted octanol–water partition coefficient (Wildman–Crippen LogP) is 1.42. The second-order valence-electron chi connectivity index (χ2n) is 7.86. The highest BCUT2D eigenvalue weighted by Crippen LogP contribution is 2.23. The quantitative estimate of drug-likeness (QED) is 0.485. The molecule has 0 aromatic heterocycles. The van der Waals surface area contributed by atoms with Gasteiger partial charge in [0.2, 0.25) is 10.0 Å². The van der Waals surface area contributed by atoms with E-state index in [0.29, 0.717) is 24.9 Å². The molecule has 26 heavy (non-hydrogen) atoms. The Hall–Kier alpha value is -0.860. The Kier molecular flexibility index (Phi) is 8.63. The Morgan fingerprint density at radius 2 is 2.12 bits per heavy atom. The first-order valence-electron chi connectivity index (χ1n) is 9.94. The van der Waals surface area contributed by atoms with E-state index in [0.717, 1.165) is 44.9 Å². The second kappa shape index (κ2) is 10.5. The van der Waals surface area contributed by atoms with Gasteiger partial charge in [-0.05, 0) is 43.9 Å². The normalized spacial score (nSPS) is 25.1. The molecule has 2 atom stereocenters. The molecule has 0 aromatic carbocycles. The molecule has 8 heteroatoms. The van der Waals surface area contributed by atoms with Gasteiger partial charge in [0.05, 0.1) is 11.9 Å². The maximum Gasteiger partial charge on any atom is 0.213 e. The zero-order chi connectivity index (χ0) is 19.0. The van der Waals surface area contributed by atoms with Crippen molar-refractivity contribution in [1.82, 2.24) is 14.9 Å². The van der Waals surface area contributed by atoms with Crippen molar-refractivity contribution < 1.29 is 13.2 Å². The third-order valence-electron chi connectivity index (χ3n) is 5.06. The van der Waals surface area contributed by atoms with Crippen LogP contribution in [0, 0.1) is 11.8 Å². The summed E-state index contributed by atoms with van der Waals surface area (Å²) in [5, 5.41) is 3.20. The molecule has 2 rings (SSSR count). The third kappa shape index (κ3) is 7.40. The van der Waals surface area contributed by atoms with E-state index in [1.807, 2.05) is 0 Å². The Morgan fingerprint density at radius 3 is 2.77 bits per heavy atom. The van der Waals surface area contributed by atoms with Gasteiger partial charge in [0.15, 0.2) is 5.96 Å². The number of hydrogen-bond donors (Lipinski definition) is 2. The Bertz CT molecular complexity index is 545. The summed E-state index contributed by atoms with van der Waals surface area (Å²) in [6.07, 6.45) is 5.54. The maximum atomic E-state index is 12.2. The maximum absolute atomic E-state index is 12.2. The summed E-state index contributed by atoms with van der Waals surface area (Å²) in [4.78, 5) is 6.56. The number of aliphatic imine (C=N–C) groups is 1. The largest absolute Gasteiger partial charge is 0.377 e. The first-order valence-corrected chi connectivity index (χ1v) is 11.6. The molecule has 0 radical (unpaired) electrons. The SMILES string of the molecule is CN=C(NCCS(=O)(=O)NCC1CCCCO1)N1CCC(CC(C)C)C1. The van der Waals surface area contributed by atoms with E-state index in [1.165, 1.54) is 12.8 Å². The van der Waals surface area contributed by atoms with Gasteiger partial charge in [-0.25, -0.2) is 13.1 Å². The van der Waals surface area contributed by atoms with Crippen molar-refractivity contribution in [2.45, 2.75) is 52.1 Å². The number of guanidine groups is 1. The van der Waals surface area contributed by atoms with Crippen LogP contribution in [0.2, 0.25) is 0 Å². The van der Waals surface area contributed by atoms with Crippen LogP contribution in [-0.2, 0) is 14.8 Å². The van der Waals surface area contributed by atoms with Crippen LogP contribution in [0.25, 0.3) is 0 Å². The van der Waals surface area contributed by atoms with Gasteiger partial charge in [-0.1, -0.05) is 13.8 Å². The van der Waals surface area contributed by atoms with Gasteiger partial charge in [0, 0.05) is 39.8 Å². The topological polar surface area (TPSA) is 83.0 Å². The fraction of sp³-hybridized carbons (Fsp3) is 0.944. The van der Waals surface area contributed by atoms with E-state index in [1.54, 1.807) is 7.05 Å². The molecule has 152 valence electrons. The average molecular weight is 389 g/mol. The van der Waals surface area contributed by atoms with Gasteiger partial charge in [0.25, 0.3) is 0 Å². The zero-order valence-electron chi connectivity index (χ0n) is 16.5. The molecule has 2 aliphatic rings. The smallest absolute Gasteiger partial charge is 0.213 e. The summed E-state index contributed by atoms with van der Waals surface area (Å²) in [5.74, 6) is 2.26. The molecular weight excluding hydrogens is 352 g/mol. The van der Waals surface area contributed by atoms with Crippen molar-refractivity contribution >= 4 is 16.0 Å². The minimum Gasteiger partial charge on any atom is -0.377 e. The van der Waals surface area contributed by atoms with E-state index in [2.05, 4.69) is 33.8 Å². The van der Waals surface area contributed by atoms with Crippen LogP contribution in [0.5, 0.6) is 0 Å². The summed E-state index contributed by atoms with van der Waals surface area (Å²) >= 11 is 0. The zero-order valence-corrected chi connectivity index (χ0v) is 17.4. The summed E-state index contributed by atoms with van der Waals surface area (Å²) in [7, 11) is -1.55. The van der Waals surface area contributed by atoms with Crippen LogP contribution in [0.15, 0.2) is 4.99 Å². The predicted molar refractivity (Wildman–Crippen MR) is 106 cm³/mol. The second-order valence-corrected chi connectivity index (χ2v) is 9.79. The highest BCUT2D eigenvalue weighted by atomic mass is 32.2. The van der Waals surface area contributed by atoms with Crippen molar-refractivity contribution in [3.63, 3.8) is 0 Å². The van der Waals surface area contributed by atoms with Crippen LogP contribution < -0.4 is 10.0 Å². The summed E-state index contributed by atoms with van der Waals surface area (Å²) < 4.78 is 32.6. The number of sulfonamides is 1. The Labute approximate surface area is 159 Å². The molecule has 2 unspecified atom stereocenters. The highest BCUT2D eigenvalue weighted by molar-refractivity contribution is 7.89. The third-order valence-corrected chi connectivity index (χ3v) is 6.41. The molecule has 2 N–H and O–H groups in total. The van der Waals surface area contributed by atoms with Gasteiger partial charge in [-0.2, -0.15) is 0 Å². The lowest BCUT2D eigenvalue weighted by molar-refractivity contribution is 0.0200. The summed E-state index contributed by atoms with van der Waals surface area (Å²) in [6, 6.07) is 0. The fourth-order valence-corrected chi connectivity index (χ4v) is 4.73. The monoisotopic (exact) mass is 388 g/mol. The lowest BCUT2D eigenvalue weighted by Crippen LogP contribution is -2.44. The average Bonchev–Trinajstić information content (AvgIpc) is 3.05. The van der Waals surface area contributed by atoms with E-state index in [9.17, 15) is 8.42 Å². The van der Waals surface area contributed by atoms with Crippen molar-refractivity contribution in [2.24, 2.45) is 16.8 Å². The molecule has 0 saturated carbocycles. The minimum atomic E-state index is -3.30. The number of nitrogens with one attached hydrogen (secondary N) is 2. The molecule has 2 heterocycles. The van der Waals surface area contributed by atoms with Crippen LogP contribution in [0.3, 0.4) is 0 Å². The van der Waals surface area contributed by atoms with Gasteiger partial charge < -0.3 is 15.0 Å². The number of nitrogens with zero attached hydrogens (tertiary/aromatic N) is 2. The van der Waals surface area contributed by atoms with E-state index < -0.39 is 10.0 Å². The Balaban J connectivity index is 1.69. The molecule has 2 fully saturated rings. The van der Waals surface area contributed by atoms with E-state index in [4.69, 9.17) is 4.74 Å². The molecular formula is C18H36N4O3S. The van der Waals surface area contributed by atoms with E-state index in [-0.39, 0.29) is 11.9 Å². The number of likely N-dealkylation sites (tertiary alicyclic amines) is 1. The van der Waals surface area contributed by atoms with E-state index >= 15 is 0 Å². The molecule has 0 spiro atoms. The van der Waals surface area contributed by atoms with Crippen molar-refractivity contribution in [3.05, 3.63) is 0 Å². The number of ether oxygens (including phenoxy) is 1. The van der Waals surface area contributed by atoms with Crippen molar-refractivity contribution in [1.29, 1.82) is 0 Å². The van der Waals surface area contributed by atoms with Crippen LogP contribution in [-0.4, -0.2) is 71.0 Å². The van der Waals surface area contributed by atoms with Crippen LogP contribution in [0.4, 0.5) is 0 Å². The molecule has 0 aliphatic carbocycles. The lowest BCUT2D eigenvalue weighted by Gasteiger charge is -2.23. The van der Waals surface area contributed by atoms with Crippen LogP contribution in [0.1, 0.15) is 46.0 Å². The van der Waals surface area contributed by atoms with Crippen molar-refractivity contribution in [3.8, 4) is 0 Å². The molecule has 0 aromatic rings. The first kappa shape index (κ1) is 21.4. The summed E-state index contributed by atoms with van der Waals surface area (Å²) in [6.45, 7) is 7.97. The van der Waals surface area contributed by atoms with Gasteiger partial charge >= 0.3 is 0 Å². The lowest BCUT2D eigenvalue weighted by atomic mass is 9.97. The molecule has 2 saturated heterocycles. The Morgan fingerprint density at radius 1 is 1.31 bits per heavy atom. The van der Waals surface area contributed by atoms with Gasteiger partial charge in [-0.3, -0.25) is 4.99 Å². The molecule has 0 bridgehead atoms. The number of hydrogen-bond acceptors (Lipinski definition) is 4. The van der Waals surface area contributed by atoms with Crippen molar-refractivity contribution in [2.75, 3.05) is 45.6 Å². The molecule has 0 amide bonds. The van der Waals surface area contributed by atoms with Crippen LogP contribution >= 0.6 is 0 Å². The minimum absolute atomic E-state index is 0.0155. The van der Waals surface area contributed by atoms with Gasteiger partial charge in [0.1, 0.15) is 0 Å². The molecule has 2 aliphatic heterocycles.